The fraction of sp³-hybridized carbons (Fsp3) is 0.0741. The number of nitrogens with zero attached hydrogens (tertiary/aromatic N) is 1. The lowest BCUT2D eigenvalue weighted by atomic mass is 9.83. The van der Waals surface area contributed by atoms with Crippen LogP contribution in [0.2, 0.25) is 0 Å². The van der Waals surface area contributed by atoms with E-state index in [4.69, 9.17) is 0 Å². The minimum Gasteiger partial charge on any atom is -0.291 e. The summed E-state index contributed by atoms with van der Waals surface area (Å²) in [6.45, 7) is 1.62. The number of benzene rings is 4. The molecular formula is C27H21NO. The maximum atomic E-state index is 12.3. The summed E-state index contributed by atoms with van der Waals surface area (Å²) < 4.78 is 1.77. The molecule has 140 valence electrons. The molecule has 2 heteroatoms. The molecule has 0 aliphatic heterocycles. The van der Waals surface area contributed by atoms with E-state index in [2.05, 4.69) is 84.9 Å². The predicted octanol–water partition coefficient (Wildman–Crippen LogP) is 6.63. The third-order valence-corrected chi connectivity index (χ3v) is 5.66. The van der Waals surface area contributed by atoms with Gasteiger partial charge in [0.15, 0.2) is 0 Å². The third kappa shape index (κ3) is 2.94. The van der Waals surface area contributed by atoms with Gasteiger partial charge in [-0.25, -0.2) is 0 Å². The van der Waals surface area contributed by atoms with Crippen molar-refractivity contribution >= 4 is 27.5 Å². The number of carbonyl (C=O) groups excluding carboxylic acids is 1. The van der Waals surface area contributed by atoms with Crippen LogP contribution >= 0.6 is 0 Å². The molecule has 0 N–H and O–H groups in total. The van der Waals surface area contributed by atoms with Crippen LogP contribution in [0.3, 0.4) is 0 Å². The molecule has 0 aliphatic rings. The van der Waals surface area contributed by atoms with Gasteiger partial charge in [0.1, 0.15) is 0 Å². The molecule has 0 saturated heterocycles. The first-order chi connectivity index (χ1) is 14.2. The van der Waals surface area contributed by atoms with Crippen LogP contribution in [0.25, 0.3) is 21.5 Å². The first kappa shape index (κ1) is 17.4. The van der Waals surface area contributed by atoms with E-state index in [9.17, 15) is 4.79 Å². The maximum absolute atomic E-state index is 12.3. The van der Waals surface area contributed by atoms with Crippen molar-refractivity contribution in [2.24, 2.45) is 0 Å². The van der Waals surface area contributed by atoms with Crippen molar-refractivity contribution in [1.82, 2.24) is 4.57 Å². The Bertz CT molecular complexity index is 1330. The van der Waals surface area contributed by atoms with Gasteiger partial charge in [-0.2, -0.15) is 0 Å². The lowest BCUT2D eigenvalue weighted by Gasteiger charge is -2.22. The van der Waals surface area contributed by atoms with Crippen LogP contribution in [-0.4, -0.2) is 10.5 Å². The first-order valence-electron chi connectivity index (χ1n) is 9.87. The molecule has 0 bridgehead atoms. The molecule has 0 amide bonds. The van der Waals surface area contributed by atoms with Gasteiger partial charge in [0.2, 0.25) is 5.91 Å². The van der Waals surface area contributed by atoms with Crippen molar-refractivity contribution in [3.8, 4) is 0 Å². The second-order valence-electron chi connectivity index (χ2n) is 7.40. The largest absolute Gasteiger partial charge is 0.291 e. The molecule has 4 aromatic carbocycles. The standard InChI is InChI=1S/C27H21NO/c1-19(29)28-17-9-16-26(28)27(20-10-3-2-4-11-20)25-18-21-12-5-6-13-22(21)23-14-7-8-15-24(23)25/h2-18,27H,1H3. The molecule has 1 unspecified atom stereocenters. The highest BCUT2D eigenvalue weighted by atomic mass is 16.1. The van der Waals surface area contributed by atoms with Crippen molar-refractivity contribution in [2.45, 2.75) is 12.8 Å². The summed E-state index contributed by atoms with van der Waals surface area (Å²) >= 11 is 0. The Balaban J connectivity index is 1.89. The fourth-order valence-corrected chi connectivity index (χ4v) is 4.39. The summed E-state index contributed by atoms with van der Waals surface area (Å²) in [6.07, 6.45) is 1.86. The zero-order valence-electron chi connectivity index (χ0n) is 16.2. The van der Waals surface area contributed by atoms with Crippen LogP contribution in [0.4, 0.5) is 0 Å². The molecule has 1 atom stereocenters. The second kappa shape index (κ2) is 7.06. The molecule has 29 heavy (non-hydrogen) atoms. The van der Waals surface area contributed by atoms with E-state index in [1.807, 2.05) is 18.3 Å². The molecule has 1 heterocycles. The summed E-state index contributed by atoms with van der Waals surface area (Å²) in [5, 5.41) is 4.92. The van der Waals surface area contributed by atoms with E-state index in [1.54, 1.807) is 11.5 Å². The minimum absolute atomic E-state index is 0.0241. The number of hydrogen-bond acceptors (Lipinski definition) is 1. The van der Waals surface area contributed by atoms with Crippen LogP contribution in [0.15, 0.2) is 103 Å². The molecule has 2 nitrogen and oxygen atoms in total. The summed E-state index contributed by atoms with van der Waals surface area (Å²) in [6, 6.07) is 33.8. The van der Waals surface area contributed by atoms with E-state index < -0.39 is 0 Å². The first-order valence-corrected chi connectivity index (χ1v) is 9.87. The summed E-state index contributed by atoms with van der Waals surface area (Å²) in [7, 11) is 0. The molecule has 0 spiro atoms. The fourth-order valence-electron chi connectivity index (χ4n) is 4.39. The monoisotopic (exact) mass is 375 g/mol. The normalized spacial score (nSPS) is 12.3. The number of hydrogen-bond donors (Lipinski definition) is 0. The predicted molar refractivity (Wildman–Crippen MR) is 120 cm³/mol. The van der Waals surface area contributed by atoms with Gasteiger partial charge in [0.05, 0.1) is 5.92 Å². The van der Waals surface area contributed by atoms with E-state index in [1.165, 1.54) is 32.7 Å². The van der Waals surface area contributed by atoms with Crippen molar-refractivity contribution in [3.63, 3.8) is 0 Å². The molecular weight excluding hydrogens is 354 g/mol. The minimum atomic E-state index is -0.0374. The number of carbonyl (C=O) groups is 1. The highest BCUT2D eigenvalue weighted by Gasteiger charge is 2.23. The van der Waals surface area contributed by atoms with Gasteiger partial charge in [0, 0.05) is 18.8 Å². The van der Waals surface area contributed by atoms with Gasteiger partial charge >= 0.3 is 0 Å². The molecule has 1 aromatic heterocycles. The van der Waals surface area contributed by atoms with Gasteiger partial charge in [-0.15, -0.1) is 0 Å². The third-order valence-electron chi connectivity index (χ3n) is 5.66. The molecule has 0 saturated carbocycles. The van der Waals surface area contributed by atoms with E-state index in [0.29, 0.717) is 0 Å². The Labute approximate surface area is 170 Å². The summed E-state index contributed by atoms with van der Waals surface area (Å²) in [4.78, 5) is 12.3. The van der Waals surface area contributed by atoms with Crippen molar-refractivity contribution in [3.05, 3.63) is 120 Å². The Kier molecular flexibility index (Phi) is 4.25. The Hall–Kier alpha value is -3.65. The molecule has 0 radical (unpaired) electrons. The number of rotatable bonds is 3. The molecule has 5 rings (SSSR count). The van der Waals surface area contributed by atoms with Crippen LogP contribution < -0.4 is 0 Å². The van der Waals surface area contributed by atoms with Gasteiger partial charge in [-0.3, -0.25) is 9.36 Å². The summed E-state index contributed by atoms with van der Waals surface area (Å²) in [5.74, 6) is -0.0133. The van der Waals surface area contributed by atoms with E-state index in [-0.39, 0.29) is 11.8 Å². The van der Waals surface area contributed by atoms with Gasteiger partial charge in [0.25, 0.3) is 0 Å². The van der Waals surface area contributed by atoms with Crippen LogP contribution in [-0.2, 0) is 0 Å². The number of aromatic nitrogens is 1. The van der Waals surface area contributed by atoms with Gasteiger partial charge in [-0.05, 0) is 50.9 Å². The van der Waals surface area contributed by atoms with Crippen molar-refractivity contribution in [2.75, 3.05) is 0 Å². The Morgan fingerprint density at radius 1 is 0.724 bits per heavy atom. The average molecular weight is 375 g/mol. The summed E-state index contributed by atoms with van der Waals surface area (Å²) in [5.41, 5.74) is 3.38. The van der Waals surface area contributed by atoms with Crippen molar-refractivity contribution in [1.29, 1.82) is 0 Å². The maximum Gasteiger partial charge on any atom is 0.227 e. The van der Waals surface area contributed by atoms with Crippen LogP contribution in [0.5, 0.6) is 0 Å². The lowest BCUT2D eigenvalue weighted by Crippen LogP contribution is -2.14. The average Bonchev–Trinajstić information content (AvgIpc) is 3.25. The van der Waals surface area contributed by atoms with Crippen LogP contribution in [0, 0.1) is 0 Å². The number of fused-ring (bicyclic) bond motifs is 3. The van der Waals surface area contributed by atoms with Crippen molar-refractivity contribution < 1.29 is 4.79 Å². The quantitative estimate of drug-likeness (QED) is 0.324. The van der Waals surface area contributed by atoms with E-state index in [0.717, 1.165) is 5.69 Å². The van der Waals surface area contributed by atoms with E-state index >= 15 is 0 Å². The smallest absolute Gasteiger partial charge is 0.227 e. The van der Waals surface area contributed by atoms with Crippen LogP contribution in [0.1, 0.15) is 34.5 Å². The second-order valence-corrected chi connectivity index (χ2v) is 7.40. The Morgan fingerprint density at radius 3 is 2.14 bits per heavy atom. The molecule has 0 aliphatic carbocycles. The zero-order valence-corrected chi connectivity index (χ0v) is 16.2. The zero-order chi connectivity index (χ0) is 19.8. The highest BCUT2D eigenvalue weighted by Crippen LogP contribution is 2.39. The van der Waals surface area contributed by atoms with Gasteiger partial charge in [-0.1, -0.05) is 78.9 Å². The molecule has 5 aromatic rings. The lowest BCUT2D eigenvalue weighted by molar-refractivity contribution is 0.0933. The van der Waals surface area contributed by atoms with Gasteiger partial charge < -0.3 is 0 Å². The molecule has 0 fully saturated rings. The highest BCUT2D eigenvalue weighted by molar-refractivity contribution is 6.09. The topological polar surface area (TPSA) is 22.0 Å². The Morgan fingerprint density at radius 2 is 1.38 bits per heavy atom. The SMILES string of the molecule is CC(=O)n1cccc1C(c1ccccc1)c1cc2ccccc2c2ccccc12.